The molecule has 0 aliphatic carbocycles. The van der Waals surface area contributed by atoms with Crippen molar-refractivity contribution in [2.75, 3.05) is 19.5 Å². The van der Waals surface area contributed by atoms with Crippen LogP contribution in [0.15, 0.2) is 24.3 Å². The number of benzene rings is 1. The summed E-state index contributed by atoms with van der Waals surface area (Å²) >= 11 is 3.24. The Labute approximate surface area is 120 Å². The van der Waals surface area contributed by atoms with E-state index in [4.69, 9.17) is 10.6 Å². The number of amides is 1. The minimum Gasteiger partial charge on any atom is -0.384 e. The Balaban J connectivity index is 2.29. The first-order chi connectivity index (χ1) is 9.27. The molecule has 0 unspecified atom stereocenters. The fourth-order valence-electron chi connectivity index (χ4n) is 1.81. The second-order valence-corrected chi connectivity index (χ2v) is 6.08. The van der Waals surface area contributed by atoms with Gasteiger partial charge in [-0.1, -0.05) is 18.2 Å². The van der Waals surface area contributed by atoms with Crippen LogP contribution in [-0.4, -0.2) is 25.4 Å². The molecule has 0 radical (unpaired) electrons. The molecule has 0 saturated heterocycles. The molecule has 0 fully saturated rings. The first-order valence-corrected chi connectivity index (χ1v) is 7.83. The number of ether oxygens (including phenoxy) is 1. The number of methoxy groups -OCH3 is 1. The van der Waals surface area contributed by atoms with Crippen molar-refractivity contribution in [2.45, 2.75) is 5.75 Å². The Morgan fingerprint density at radius 1 is 1.47 bits per heavy atom. The Bertz CT molecular complexity index is 569. The van der Waals surface area contributed by atoms with E-state index in [1.54, 1.807) is 18.9 Å². The molecule has 19 heavy (non-hydrogen) atoms. The summed E-state index contributed by atoms with van der Waals surface area (Å²) in [6, 6.07) is 8.04. The number of nitrogen functional groups attached to an aromatic ring is 1. The number of rotatable bonds is 6. The van der Waals surface area contributed by atoms with Crippen molar-refractivity contribution in [3.63, 3.8) is 0 Å². The van der Waals surface area contributed by atoms with Gasteiger partial charge in [0, 0.05) is 23.3 Å². The van der Waals surface area contributed by atoms with Crippen LogP contribution in [0, 0.1) is 0 Å². The molecule has 0 atom stereocenters. The van der Waals surface area contributed by atoms with E-state index in [1.165, 1.54) is 11.3 Å². The van der Waals surface area contributed by atoms with Crippen molar-refractivity contribution >= 4 is 39.1 Å². The molecular formula is C13H16N2O2S2. The molecule has 1 aromatic carbocycles. The van der Waals surface area contributed by atoms with E-state index in [0.717, 1.165) is 27.2 Å². The lowest BCUT2D eigenvalue weighted by Gasteiger charge is -2.04. The van der Waals surface area contributed by atoms with Gasteiger partial charge in [-0.2, -0.15) is 11.8 Å². The first kappa shape index (κ1) is 14.3. The van der Waals surface area contributed by atoms with Crippen LogP contribution >= 0.6 is 23.1 Å². The molecule has 0 bridgehead atoms. The van der Waals surface area contributed by atoms with Crippen molar-refractivity contribution < 1.29 is 9.53 Å². The zero-order chi connectivity index (χ0) is 13.7. The number of hydrogen-bond donors (Lipinski definition) is 2. The highest BCUT2D eigenvalue weighted by atomic mass is 32.2. The maximum Gasteiger partial charge on any atom is 0.275 e. The van der Waals surface area contributed by atoms with Gasteiger partial charge in [0.2, 0.25) is 0 Å². The summed E-state index contributed by atoms with van der Waals surface area (Å²) < 4.78 is 6.14. The fourth-order valence-corrected chi connectivity index (χ4v) is 3.96. The first-order valence-electron chi connectivity index (χ1n) is 5.86. The number of hydrazine groups is 1. The minimum atomic E-state index is -0.219. The van der Waals surface area contributed by atoms with E-state index >= 15 is 0 Å². The van der Waals surface area contributed by atoms with Gasteiger partial charge < -0.3 is 4.74 Å². The third-order valence-electron chi connectivity index (χ3n) is 2.71. The normalized spacial score (nSPS) is 10.8. The molecule has 0 aliphatic heterocycles. The summed E-state index contributed by atoms with van der Waals surface area (Å²) in [5.74, 6) is 6.73. The average Bonchev–Trinajstić information content (AvgIpc) is 2.81. The number of fused-ring (bicyclic) bond motifs is 1. The van der Waals surface area contributed by atoms with E-state index in [2.05, 4.69) is 5.43 Å². The number of hydrogen-bond acceptors (Lipinski definition) is 5. The second-order valence-electron chi connectivity index (χ2n) is 3.92. The molecule has 3 N–H and O–H groups in total. The second kappa shape index (κ2) is 6.91. The fraction of sp³-hybridized carbons (Fsp3) is 0.308. The third-order valence-corrected chi connectivity index (χ3v) is 4.87. The van der Waals surface area contributed by atoms with Gasteiger partial charge in [0.05, 0.1) is 11.5 Å². The molecule has 1 aromatic heterocycles. The monoisotopic (exact) mass is 296 g/mol. The molecule has 2 rings (SSSR count). The number of thiophene rings is 1. The summed E-state index contributed by atoms with van der Waals surface area (Å²) in [7, 11) is 1.69. The maximum absolute atomic E-state index is 11.8. The lowest BCUT2D eigenvalue weighted by atomic mass is 10.1. The molecule has 1 heterocycles. The van der Waals surface area contributed by atoms with Gasteiger partial charge in [-0.25, -0.2) is 5.84 Å². The summed E-state index contributed by atoms with van der Waals surface area (Å²) in [5, 5.41) is 1.14. The van der Waals surface area contributed by atoms with E-state index in [0.29, 0.717) is 11.5 Å². The molecule has 2 aromatic rings. The standard InChI is InChI=1S/C13H16N2O2S2/c1-17-6-7-18-8-10-9-4-2-3-5-11(9)19-12(10)13(16)15-14/h2-5H,6-8,14H2,1H3,(H,15,16). The van der Waals surface area contributed by atoms with Gasteiger partial charge in [0.1, 0.15) is 0 Å². The highest BCUT2D eigenvalue weighted by Crippen LogP contribution is 2.33. The number of carbonyl (C=O) groups is 1. The topological polar surface area (TPSA) is 64.3 Å². The zero-order valence-electron chi connectivity index (χ0n) is 10.6. The predicted molar refractivity (Wildman–Crippen MR) is 81.5 cm³/mol. The Morgan fingerprint density at radius 3 is 3.00 bits per heavy atom. The molecule has 0 spiro atoms. The number of carbonyl (C=O) groups excluding carboxylic acids is 1. The van der Waals surface area contributed by atoms with Crippen LogP contribution in [0.4, 0.5) is 0 Å². The van der Waals surface area contributed by atoms with Crippen LogP contribution < -0.4 is 11.3 Å². The molecular weight excluding hydrogens is 280 g/mol. The maximum atomic E-state index is 11.8. The van der Waals surface area contributed by atoms with Gasteiger partial charge in [0.15, 0.2) is 0 Å². The van der Waals surface area contributed by atoms with Crippen LogP contribution in [0.25, 0.3) is 10.1 Å². The summed E-state index contributed by atoms with van der Waals surface area (Å²) in [6.07, 6.45) is 0. The SMILES string of the molecule is COCCSCc1c(C(=O)NN)sc2ccccc12. The van der Waals surface area contributed by atoms with Gasteiger partial charge in [0.25, 0.3) is 5.91 Å². The van der Waals surface area contributed by atoms with E-state index in [-0.39, 0.29) is 5.91 Å². The Hall–Kier alpha value is -1.08. The molecule has 0 saturated carbocycles. The van der Waals surface area contributed by atoms with Crippen molar-refractivity contribution in [1.82, 2.24) is 5.43 Å². The highest BCUT2D eigenvalue weighted by Gasteiger charge is 2.17. The number of thioether (sulfide) groups is 1. The smallest absolute Gasteiger partial charge is 0.275 e. The quantitative estimate of drug-likeness (QED) is 0.372. The van der Waals surface area contributed by atoms with E-state index in [9.17, 15) is 4.79 Å². The Morgan fingerprint density at radius 2 is 2.26 bits per heavy atom. The Kier molecular flexibility index (Phi) is 5.21. The van der Waals surface area contributed by atoms with Gasteiger partial charge in [-0.3, -0.25) is 10.2 Å². The molecule has 6 heteroatoms. The van der Waals surface area contributed by atoms with Gasteiger partial charge >= 0.3 is 0 Å². The lowest BCUT2D eigenvalue weighted by molar-refractivity contribution is 0.0957. The molecule has 1 amide bonds. The largest absolute Gasteiger partial charge is 0.384 e. The van der Waals surface area contributed by atoms with Crippen LogP contribution in [0.1, 0.15) is 15.2 Å². The number of nitrogens with two attached hydrogens (primary N) is 1. The van der Waals surface area contributed by atoms with Crippen LogP contribution in [0.5, 0.6) is 0 Å². The van der Waals surface area contributed by atoms with Crippen LogP contribution in [0.3, 0.4) is 0 Å². The summed E-state index contributed by atoms with van der Waals surface area (Å²) in [4.78, 5) is 12.5. The minimum absolute atomic E-state index is 0.219. The predicted octanol–water partition coefficient (Wildman–Crippen LogP) is 2.38. The molecule has 4 nitrogen and oxygen atoms in total. The highest BCUT2D eigenvalue weighted by molar-refractivity contribution is 7.98. The summed E-state index contributed by atoms with van der Waals surface area (Å²) in [5.41, 5.74) is 3.28. The van der Waals surface area contributed by atoms with Crippen LogP contribution in [0.2, 0.25) is 0 Å². The molecule has 0 aliphatic rings. The van der Waals surface area contributed by atoms with E-state index < -0.39 is 0 Å². The lowest BCUT2D eigenvalue weighted by Crippen LogP contribution is -2.29. The van der Waals surface area contributed by atoms with Crippen molar-refractivity contribution in [1.29, 1.82) is 0 Å². The average molecular weight is 296 g/mol. The number of nitrogens with one attached hydrogen (secondary N) is 1. The van der Waals surface area contributed by atoms with E-state index in [1.807, 2.05) is 24.3 Å². The summed E-state index contributed by atoms with van der Waals surface area (Å²) in [6.45, 7) is 0.713. The van der Waals surface area contributed by atoms with Crippen LogP contribution in [-0.2, 0) is 10.5 Å². The molecule has 102 valence electrons. The third kappa shape index (κ3) is 3.27. The van der Waals surface area contributed by atoms with Crippen molar-refractivity contribution in [3.8, 4) is 0 Å². The van der Waals surface area contributed by atoms with Gasteiger partial charge in [-0.15, -0.1) is 11.3 Å². The van der Waals surface area contributed by atoms with Crippen molar-refractivity contribution in [3.05, 3.63) is 34.7 Å². The van der Waals surface area contributed by atoms with Gasteiger partial charge in [-0.05, 0) is 17.0 Å². The van der Waals surface area contributed by atoms with Crippen molar-refractivity contribution in [2.24, 2.45) is 5.84 Å². The zero-order valence-corrected chi connectivity index (χ0v) is 12.3.